The van der Waals surface area contributed by atoms with Gasteiger partial charge in [0.15, 0.2) is 0 Å². The van der Waals surface area contributed by atoms with E-state index in [0.29, 0.717) is 22.8 Å². The lowest BCUT2D eigenvalue weighted by Crippen LogP contribution is -2.24. The van der Waals surface area contributed by atoms with Gasteiger partial charge < -0.3 is 11.1 Å². The molecule has 0 unspecified atom stereocenters. The number of nitrogen functional groups attached to an aromatic ring is 1. The van der Waals surface area contributed by atoms with Crippen molar-refractivity contribution in [3.05, 3.63) is 46.7 Å². The summed E-state index contributed by atoms with van der Waals surface area (Å²) in [5.74, 6) is -0.235. The molecule has 6 heteroatoms. The van der Waals surface area contributed by atoms with Crippen LogP contribution in [0, 0.1) is 0 Å². The van der Waals surface area contributed by atoms with Gasteiger partial charge in [-0.3, -0.25) is 9.48 Å². The van der Waals surface area contributed by atoms with E-state index in [2.05, 4.69) is 10.4 Å². The lowest BCUT2D eigenvalue weighted by Gasteiger charge is -2.07. The second kappa shape index (κ2) is 5.10. The van der Waals surface area contributed by atoms with Crippen molar-refractivity contribution in [1.29, 1.82) is 0 Å². The second-order valence-corrected chi connectivity index (χ2v) is 4.28. The summed E-state index contributed by atoms with van der Waals surface area (Å²) < 4.78 is 1.70. The summed E-state index contributed by atoms with van der Waals surface area (Å²) in [5, 5.41) is 7.14. The van der Waals surface area contributed by atoms with Gasteiger partial charge in [-0.1, -0.05) is 11.6 Å². The molecule has 0 aliphatic carbocycles. The van der Waals surface area contributed by atoms with Crippen LogP contribution in [0.25, 0.3) is 0 Å². The van der Waals surface area contributed by atoms with E-state index in [1.54, 1.807) is 29.1 Å². The highest BCUT2D eigenvalue weighted by atomic mass is 35.5. The lowest BCUT2D eigenvalue weighted by molar-refractivity contribution is 0.0950. The molecule has 1 aromatic heterocycles. The molecule has 0 fully saturated rings. The number of aromatic nitrogens is 2. The van der Waals surface area contributed by atoms with Crippen LogP contribution in [-0.2, 0) is 13.6 Å². The molecule has 1 amide bonds. The number of nitrogens with one attached hydrogen (secondary N) is 1. The number of aryl methyl sites for hydroxylation is 1. The van der Waals surface area contributed by atoms with Crippen LogP contribution in [0.4, 0.5) is 5.69 Å². The molecule has 1 heterocycles. The van der Waals surface area contributed by atoms with Crippen molar-refractivity contribution >= 4 is 23.2 Å². The van der Waals surface area contributed by atoms with Crippen LogP contribution in [0.1, 0.15) is 16.1 Å². The third kappa shape index (κ3) is 2.62. The molecular weight excluding hydrogens is 252 g/mol. The first-order chi connectivity index (χ1) is 8.58. The quantitative estimate of drug-likeness (QED) is 0.827. The molecule has 5 nitrogen and oxygen atoms in total. The predicted molar refractivity (Wildman–Crippen MR) is 70.2 cm³/mol. The fourth-order valence-corrected chi connectivity index (χ4v) is 1.83. The van der Waals surface area contributed by atoms with Crippen molar-refractivity contribution in [2.24, 2.45) is 7.05 Å². The molecule has 3 N–H and O–H groups in total. The standard InChI is InChI=1S/C12H13ClN4O/c1-17-9(4-5-16-17)7-15-12(18)10-3-2-8(14)6-11(10)13/h2-6H,7,14H2,1H3,(H,15,18). The molecule has 0 aliphatic rings. The fourth-order valence-electron chi connectivity index (χ4n) is 1.56. The first kappa shape index (κ1) is 12.4. The summed E-state index contributed by atoms with van der Waals surface area (Å²) in [6.07, 6.45) is 1.68. The van der Waals surface area contributed by atoms with E-state index >= 15 is 0 Å². The SMILES string of the molecule is Cn1nccc1CNC(=O)c1ccc(N)cc1Cl. The highest BCUT2D eigenvalue weighted by molar-refractivity contribution is 6.34. The Hall–Kier alpha value is -2.01. The summed E-state index contributed by atoms with van der Waals surface area (Å²) in [5.41, 5.74) is 7.42. The van der Waals surface area contributed by atoms with Crippen LogP contribution in [0.2, 0.25) is 5.02 Å². The molecule has 0 spiro atoms. The number of carbonyl (C=O) groups is 1. The van der Waals surface area contributed by atoms with E-state index < -0.39 is 0 Å². The number of rotatable bonds is 3. The molecule has 2 aromatic rings. The van der Waals surface area contributed by atoms with Gasteiger partial charge in [-0.15, -0.1) is 0 Å². The molecule has 0 aliphatic heterocycles. The minimum absolute atomic E-state index is 0.235. The van der Waals surface area contributed by atoms with E-state index in [1.807, 2.05) is 13.1 Å². The molecule has 0 radical (unpaired) electrons. The van der Waals surface area contributed by atoms with Crippen molar-refractivity contribution in [2.45, 2.75) is 6.54 Å². The highest BCUT2D eigenvalue weighted by Crippen LogP contribution is 2.19. The Bertz CT molecular complexity index is 579. The largest absolute Gasteiger partial charge is 0.399 e. The number of carbonyl (C=O) groups excluding carboxylic acids is 1. The molecule has 2 rings (SSSR count). The zero-order valence-electron chi connectivity index (χ0n) is 9.85. The van der Waals surface area contributed by atoms with Gasteiger partial charge in [0.2, 0.25) is 0 Å². The smallest absolute Gasteiger partial charge is 0.253 e. The van der Waals surface area contributed by atoms with E-state index in [-0.39, 0.29) is 5.91 Å². The number of hydrogen-bond donors (Lipinski definition) is 2. The van der Waals surface area contributed by atoms with Gasteiger partial charge >= 0.3 is 0 Å². The highest BCUT2D eigenvalue weighted by Gasteiger charge is 2.10. The van der Waals surface area contributed by atoms with Crippen molar-refractivity contribution in [1.82, 2.24) is 15.1 Å². The first-order valence-corrected chi connectivity index (χ1v) is 5.76. The number of amides is 1. The van der Waals surface area contributed by atoms with Crippen molar-refractivity contribution in [3.8, 4) is 0 Å². The molecule has 1 aromatic carbocycles. The lowest BCUT2D eigenvalue weighted by atomic mass is 10.2. The zero-order chi connectivity index (χ0) is 13.1. The summed E-state index contributed by atoms with van der Waals surface area (Å²) in [6.45, 7) is 0.399. The Morgan fingerprint density at radius 2 is 2.28 bits per heavy atom. The molecule has 18 heavy (non-hydrogen) atoms. The average Bonchev–Trinajstić information content (AvgIpc) is 2.72. The normalized spacial score (nSPS) is 10.3. The van der Waals surface area contributed by atoms with E-state index in [1.165, 1.54) is 0 Å². The Morgan fingerprint density at radius 3 is 2.89 bits per heavy atom. The third-order valence-electron chi connectivity index (χ3n) is 2.59. The van der Waals surface area contributed by atoms with E-state index in [9.17, 15) is 4.79 Å². The number of benzene rings is 1. The molecule has 94 valence electrons. The van der Waals surface area contributed by atoms with Gasteiger partial charge in [0, 0.05) is 18.9 Å². The van der Waals surface area contributed by atoms with Gasteiger partial charge in [0.1, 0.15) is 0 Å². The van der Waals surface area contributed by atoms with Crippen LogP contribution >= 0.6 is 11.6 Å². The number of anilines is 1. The van der Waals surface area contributed by atoms with Crippen LogP contribution < -0.4 is 11.1 Å². The van der Waals surface area contributed by atoms with Crippen molar-refractivity contribution < 1.29 is 4.79 Å². The molecule has 0 saturated carbocycles. The summed E-state index contributed by atoms with van der Waals surface area (Å²) in [6, 6.07) is 6.65. The van der Waals surface area contributed by atoms with E-state index in [4.69, 9.17) is 17.3 Å². The van der Waals surface area contributed by atoms with Crippen molar-refractivity contribution in [2.75, 3.05) is 5.73 Å². The maximum Gasteiger partial charge on any atom is 0.253 e. The maximum absolute atomic E-state index is 11.9. The maximum atomic E-state index is 11.9. The minimum atomic E-state index is -0.235. The third-order valence-corrected chi connectivity index (χ3v) is 2.90. The van der Waals surface area contributed by atoms with Crippen LogP contribution in [-0.4, -0.2) is 15.7 Å². The number of nitrogens with two attached hydrogens (primary N) is 1. The topological polar surface area (TPSA) is 72.9 Å². The van der Waals surface area contributed by atoms with Gasteiger partial charge in [0.25, 0.3) is 5.91 Å². The summed E-state index contributed by atoms with van der Waals surface area (Å²) in [7, 11) is 1.82. The Kier molecular flexibility index (Phi) is 3.53. The number of hydrogen-bond acceptors (Lipinski definition) is 3. The Labute approximate surface area is 110 Å². The average molecular weight is 265 g/mol. The molecular formula is C12H13ClN4O. The van der Waals surface area contributed by atoms with Crippen LogP contribution in [0.3, 0.4) is 0 Å². The Balaban J connectivity index is 2.06. The van der Waals surface area contributed by atoms with E-state index in [0.717, 1.165) is 5.69 Å². The van der Waals surface area contributed by atoms with Gasteiger partial charge in [-0.2, -0.15) is 5.10 Å². The summed E-state index contributed by atoms with van der Waals surface area (Å²) in [4.78, 5) is 11.9. The molecule has 0 atom stereocenters. The Morgan fingerprint density at radius 1 is 1.50 bits per heavy atom. The monoisotopic (exact) mass is 264 g/mol. The van der Waals surface area contributed by atoms with Gasteiger partial charge in [0.05, 0.1) is 22.8 Å². The first-order valence-electron chi connectivity index (χ1n) is 5.38. The van der Waals surface area contributed by atoms with Crippen LogP contribution in [0.5, 0.6) is 0 Å². The minimum Gasteiger partial charge on any atom is -0.399 e. The zero-order valence-corrected chi connectivity index (χ0v) is 10.6. The van der Waals surface area contributed by atoms with Crippen LogP contribution in [0.15, 0.2) is 30.5 Å². The predicted octanol–water partition coefficient (Wildman–Crippen LogP) is 1.59. The summed E-state index contributed by atoms with van der Waals surface area (Å²) >= 11 is 5.96. The number of halogens is 1. The molecule has 0 saturated heterocycles. The molecule has 0 bridgehead atoms. The number of nitrogens with zero attached hydrogens (tertiary/aromatic N) is 2. The van der Waals surface area contributed by atoms with Gasteiger partial charge in [-0.25, -0.2) is 0 Å². The van der Waals surface area contributed by atoms with Gasteiger partial charge in [-0.05, 0) is 24.3 Å². The van der Waals surface area contributed by atoms with Crippen molar-refractivity contribution in [3.63, 3.8) is 0 Å². The fraction of sp³-hybridized carbons (Fsp3) is 0.167. The second-order valence-electron chi connectivity index (χ2n) is 3.87.